The van der Waals surface area contributed by atoms with Crippen LogP contribution in [-0.2, 0) is 40.9 Å². The van der Waals surface area contributed by atoms with E-state index < -0.39 is 71.7 Å². The number of hydrogen-bond acceptors (Lipinski definition) is 9. The van der Waals surface area contributed by atoms with Gasteiger partial charge in [0, 0.05) is 23.3 Å². The standard InChI is InChI=1S/C35H45N5O8S2/c1-22-29-25(24-12-9-10-13-26(24)36-22)15-16-34(48-29)20-28-30(41)37-35(32(43)39-50(46,47)33(2)17-18-33)19-23(35)11-7-5-4-6-8-14-27(38-49(3,44)45)31(42)40(28)21-34/h7,9-13,23,27-28,38H,4-6,8,14-21H2,1-3H3,(H,37,41)(H,39,43)/b11-7-/t23?,27-,28-,34+,35+/m0/s1. The van der Waals surface area contributed by atoms with Crippen molar-refractivity contribution in [3.05, 3.63) is 47.7 Å². The van der Waals surface area contributed by atoms with Gasteiger partial charge in [0.25, 0.3) is 5.91 Å². The number of para-hydroxylation sites is 1. The number of amides is 3. The number of sulfonamides is 2. The fraction of sp³-hybridized carbons (Fsp3) is 0.600. The molecule has 50 heavy (non-hydrogen) atoms. The van der Waals surface area contributed by atoms with Crippen molar-refractivity contribution in [3.63, 3.8) is 0 Å². The lowest BCUT2D eigenvalue weighted by Crippen LogP contribution is -2.58. The number of fused-ring (bicyclic) bond motifs is 5. The molecule has 1 unspecified atom stereocenters. The zero-order valence-corrected chi connectivity index (χ0v) is 30.3. The van der Waals surface area contributed by atoms with Crippen molar-refractivity contribution in [3.8, 4) is 5.75 Å². The number of allylic oxidation sites excluding steroid dienone is 1. The first kappa shape index (κ1) is 34.9. The third-order valence-electron chi connectivity index (χ3n) is 11.2. The van der Waals surface area contributed by atoms with Crippen LogP contribution in [0.15, 0.2) is 36.4 Å². The first-order valence-corrected chi connectivity index (χ1v) is 20.8. The summed E-state index contributed by atoms with van der Waals surface area (Å²) in [7, 11) is -7.77. The summed E-state index contributed by atoms with van der Waals surface area (Å²) in [6, 6.07) is 5.59. The molecule has 4 heterocycles. The fourth-order valence-corrected chi connectivity index (χ4v) is 9.92. The molecule has 5 atom stereocenters. The monoisotopic (exact) mass is 727 g/mol. The molecule has 5 aliphatic rings. The number of pyridine rings is 1. The third-order valence-corrected chi connectivity index (χ3v) is 14.1. The SMILES string of the molecule is Cc1nc2ccccc2c2c1O[C@]1(CC2)C[C@H]2C(=O)N[C@]3(C(=O)NS(=O)(=O)C4(C)CC4)CC3/C=C\CCCCC[C@H](NS(C)(=O)=O)C(=O)N2C1. The summed E-state index contributed by atoms with van der Waals surface area (Å²) in [5.41, 5.74) is 0.0391. The number of nitrogens with zero attached hydrogens (tertiary/aromatic N) is 2. The van der Waals surface area contributed by atoms with Crippen molar-refractivity contribution in [1.29, 1.82) is 0 Å². The van der Waals surface area contributed by atoms with E-state index in [2.05, 4.69) is 14.8 Å². The van der Waals surface area contributed by atoms with Crippen LogP contribution in [-0.4, -0.2) is 85.2 Å². The molecule has 3 amide bonds. The van der Waals surface area contributed by atoms with Crippen molar-refractivity contribution >= 4 is 48.7 Å². The van der Waals surface area contributed by atoms with E-state index in [1.54, 1.807) is 6.92 Å². The normalized spacial score (nSPS) is 31.7. The van der Waals surface area contributed by atoms with E-state index in [9.17, 15) is 31.2 Å². The van der Waals surface area contributed by atoms with Gasteiger partial charge in [-0.2, -0.15) is 0 Å². The van der Waals surface area contributed by atoms with Crippen LogP contribution in [0.5, 0.6) is 5.75 Å². The van der Waals surface area contributed by atoms with Crippen molar-refractivity contribution in [2.24, 2.45) is 5.92 Å². The van der Waals surface area contributed by atoms with Crippen molar-refractivity contribution in [1.82, 2.24) is 24.6 Å². The van der Waals surface area contributed by atoms with Gasteiger partial charge in [0.15, 0.2) is 0 Å². The largest absolute Gasteiger partial charge is 0.483 e. The molecule has 2 aliphatic carbocycles. The number of ether oxygens (including phenoxy) is 1. The van der Waals surface area contributed by atoms with Gasteiger partial charge in [-0.05, 0) is 71.3 Å². The number of carbonyl (C=O) groups excluding carboxylic acids is 3. The van der Waals surface area contributed by atoms with Crippen LogP contribution in [0.4, 0.5) is 0 Å². The lowest BCUT2D eigenvalue weighted by molar-refractivity contribution is -0.141. The van der Waals surface area contributed by atoms with E-state index in [1.807, 2.05) is 43.3 Å². The molecule has 0 bridgehead atoms. The highest BCUT2D eigenvalue weighted by atomic mass is 32.2. The summed E-state index contributed by atoms with van der Waals surface area (Å²) >= 11 is 0. The summed E-state index contributed by atoms with van der Waals surface area (Å²) in [6.45, 7) is 3.47. The Bertz CT molecular complexity index is 2010. The van der Waals surface area contributed by atoms with Crippen molar-refractivity contribution in [2.45, 2.75) is 112 Å². The van der Waals surface area contributed by atoms with E-state index >= 15 is 0 Å². The Morgan fingerprint density at radius 3 is 2.56 bits per heavy atom. The Labute approximate surface area is 293 Å². The average molecular weight is 728 g/mol. The highest BCUT2D eigenvalue weighted by Gasteiger charge is 2.64. The Morgan fingerprint density at radius 1 is 1.06 bits per heavy atom. The number of benzene rings is 1. The summed E-state index contributed by atoms with van der Waals surface area (Å²) in [6.07, 6.45) is 10.1. The second kappa shape index (κ2) is 12.3. The number of carbonyl (C=O) groups is 3. The summed E-state index contributed by atoms with van der Waals surface area (Å²) in [4.78, 5) is 48.8. The van der Waals surface area contributed by atoms with Crippen LogP contribution < -0.4 is 19.5 Å². The molecular weight excluding hydrogens is 683 g/mol. The highest BCUT2D eigenvalue weighted by molar-refractivity contribution is 7.91. The zero-order chi connectivity index (χ0) is 35.7. The van der Waals surface area contributed by atoms with Crippen LogP contribution in [0.3, 0.4) is 0 Å². The molecule has 7 rings (SSSR count). The first-order chi connectivity index (χ1) is 23.6. The van der Waals surface area contributed by atoms with Crippen LogP contribution in [0.2, 0.25) is 0 Å². The van der Waals surface area contributed by atoms with Gasteiger partial charge in [-0.15, -0.1) is 0 Å². The minimum Gasteiger partial charge on any atom is -0.483 e. The van der Waals surface area contributed by atoms with Gasteiger partial charge < -0.3 is 15.0 Å². The van der Waals surface area contributed by atoms with E-state index in [-0.39, 0.29) is 25.8 Å². The maximum Gasteiger partial charge on any atom is 0.259 e. The summed E-state index contributed by atoms with van der Waals surface area (Å²) in [5, 5.41) is 3.87. The Hall–Kier alpha value is -3.56. The average Bonchev–Trinajstić information content (AvgIpc) is 3.94. The number of hydrogen-bond donors (Lipinski definition) is 3. The molecule has 3 fully saturated rings. The van der Waals surface area contributed by atoms with Crippen LogP contribution in [0, 0.1) is 12.8 Å². The zero-order valence-electron chi connectivity index (χ0n) is 28.7. The molecule has 3 N–H and O–H groups in total. The maximum absolute atomic E-state index is 14.4. The molecule has 1 spiro atoms. The minimum absolute atomic E-state index is 0.0207. The Balaban J connectivity index is 1.24. The van der Waals surface area contributed by atoms with Crippen molar-refractivity contribution < 1.29 is 36.0 Å². The molecule has 2 aromatic rings. The van der Waals surface area contributed by atoms with Crippen molar-refractivity contribution in [2.75, 3.05) is 12.8 Å². The van der Waals surface area contributed by atoms with E-state index in [4.69, 9.17) is 9.72 Å². The summed E-state index contributed by atoms with van der Waals surface area (Å²) < 4.78 is 61.6. The smallest absolute Gasteiger partial charge is 0.259 e. The number of aryl methyl sites for hydroxylation is 2. The molecule has 270 valence electrons. The number of rotatable bonds is 5. The molecule has 0 radical (unpaired) electrons. The van der Waals surface area contributed by atoms with Crippen LogP contribution in [0.1, 0.15) is 82.4 Å². The van der Waals surface area contributed by atoms with Gasteiger partial charge in [-0.3, -0.25) is 19.1 Å². The topological polar surface area (TPSA) is 181 Å². The van der Waals surface area contributed by atoms with E-state index in [0.717, 1.165) is 35.6 Å². The molecule has 2 saturated carbocycles. The molecular formula is C35H45N5O8S2. The van der Waals surface area contributed by atoms with Gasteiger partial charge in [-0.1, -0.05) is 43.2 Å². The predicted molar refractivity (Wildman–Crippen MR) is 186 cm³/mol. The van der Waals surface area contributed by atoms with Gasteiger partial charge in [0.1, 0.15) is 29.0 Å². The third kappa shape index (κ3) is 6.40. The quantitative estimate of drug-likeness (QED) is 0.390. The molecule has 1 aromatic heterocycles. The van der Waals surface area contributed by atoms with E-state index in [1.165, 1.54) is 4.90 Å². The number of aromatic nitrogens is 1. The lowest BCUT2D eigenvalue weighted by atomic mass is 9.87. The molecule has 1 saturated heterocycles. The predicted octanol–water partition coefficient (Wildman–Crippen LogP) is 2.52. The Morgan fingerprint density at radius 2 is 1.82 bits per heavy atom. The lowest BCUT2D eigenvalue weighted by Gasteiger charge is -2.36. The summed E-state index contributed by atoms with van der Waals surface area (Å²) in [5.74, 6) is -1.78. The molecule has 13 nitrogen and oxygen atoms in total. The fourth-order valence-electron chi connectivity index (χ4n) is 7.88. The Kier molecular flexibility index (Phi) is 8.57. The maximum atomic E-state index is 14.4. The van der Waals surface area contributed by atoms with Gasteiger partial charge in [0.05, 0.1) is 28.8 Å². The second-order valence-corrected chi connectivity index (χ2v) is 19.1. The van der Waals surface area contributed by atoms with Gasteiger partial charge >= 0.3 is 0 Å². The highest BCUT2D eigenvalue weighted by Crippen LogP contribution is 2.49. The molecule has 15 heteroatoms. The molecule has 3 aliphatic heterocycles. The van der Waals surface area contributed by atoms with Gasteiger partial charge in [-0.25, -0.2) is 26.5 Å². The van der Waals surface area contributed by atoms with Crippen LogP contribution in [0.25, 0.3) is 10.9 Å². The van der Waals surface area contributed by atoms with E-state index in [0.29, 0.717) is 50.0 Å². The second-order valence-electron chi connectivity index (χ2n) is 15.2. The van der Waals surface area contributed by atoms with Crippen LogP contribution >= 0.6 is 0 Å². The minimum atomic E-state index is -3.98. The van der Waals surface area contributed by atoms with Gasteiger partial charge in [0.2, 0.25) is 31.9 Å². The molecule has 1 aromatic carbocycles. The number of nitrogens with one attached hydrogen (secondary N) is 3. The first-order valence-electron chi connectivity index (χ1n) is 17.5.